The van der Waals surface area contributed by atoms with Gasteiger partial charge in [0, 0.05) is 28.8 Å². The van der Waals surface area contributed by atoms with Crippen LogP contribution in [-0.4, -0.2) is 18.6 Å². The molecule has 0 bridgehead atoms. The van der Waals surface area contributed by atoms with Gasteiger partial charge in [0.15, 0.2) is 0 Å². The molecule has 0 saturated carbocycles. The summed E-state index contributed by atoms with van der Waals surface area (Å²) >= 11 is 3.45. The molecule has 0 spiro atoms. The molecular formula is C13H16BrN3. The van der Waals surface area contributed by atoms with Gasteiger partial charge in [-0.25, -0.2) is 0 Å². The van der Waals surface area contributed by atoms with Gasteiger partial charge in [-0.15, -0.1) is 0 Å². The van der Waals surface area contributed by atoms with Crippen molar-refractivity contribution in [3.8, 4) is 6.07 Å². The fraction of sp³-hybridized carbons (Fsp3) is 0.462. The van der Waals surface area contributed by atoms with E-state index in [9.17, 15) is 0 Å². The molecular weight excluding hydrogens is 278 g/mol. The largest absolute Gasteiger partial charge is 0.369 e. The second-order valence-electron chi connectivity index (χ2n) is 4.64. The van der Waals surface area contributed by atoms with Crippen LogP contribution in [0.2, 0.25) is 0 Å². The lowest BCUT2D eigenvalue weighted by Gasteiger charge is -2.38. The Balaban J connectivity index is 2.28. The summed E-state index contributed by atoms with van der Waals surface area (Å²) in [6.07, 6.45) is 2.02. The van der Waals surface area contributed by atoms with E-state index in [0.717, 1.165) is 29.5 Å². The van der Waals surface area contributed by atoms with Crippen molar-refractivity contribution in [3.63, 3.8) is 0 Å². The molecule has 4 heteroatoms. The number of hydrogen-bond acceptors (Lipinski definition) is 3. The number of halogens is 1. The number of anilines is 1. The summed E-state index contributed by atoms with van der Waals surface area (Å²) in [6, 6.07) is 8.77. The molecule has 1 saturated heterocycles. The summed E-state index contributed by atoms with van der Waals surface area (Å²) in [4.78, 5) is 2.33. The highest BCUT2D eigenvalue weighted by Gasteiger charge is 2.23. The molecule has 1 aliphatic heterocycles. The molecule has 3 nitrogen and oxygen atoms in total. The summed E-state index contributed by atoms with van der Waals surface area (Å²) in [5.41, 5.74) is 7.76. The third-order valence-electron chi connectivity index (χ3n) is 3.26. The van der Waals surface area contributed by atoms with Gasteiger partial charge in [-0.1, -0.05) is 15.9 Å². The highest BCUT2D eigenvalue weighted by Crippen LogP contribution is 2.28. The molecule has 0 radical (unpaired) electrons. The molecule has 0 amide bonds. The Labute approximate surface area is 110 Å². The Morgan fingerprint density at radius 2 is 2.24 bits per heavy atom. The number of nitrogens with two attached hydrogens (primary N) is 1. The van der Waals surface area contributed by atoms with Gasteiger partial charge in [-0.2, -0.15) is 5.26 Å². The summed E-state index contributed by atoms with van der Waals surface area (Å²) in [5, 5.41) is 8.98. The molecule has 2 atom stereocenters. The van der Waals surface area contributed by atoms with Crippen molar-refractivity contribution >= 4 is 21.6 Å². The summed E-state index contributed by atoms with van der Waals surface area (Å²) in [7, 11) is 0. The first-order valence-electron chi connectivity index (χ1n) is 5.83. The van der Waals surface area contributed by atoms with Crippen LogP contribution in [0.5, 0.6) is 0 Å². The number of benzene rings is 1. The molecule has 1 aromatic rings. The zero-order chi connectivity index (χ0) is 12.4. The lowest BCUT2D eigenvalue weighted by atomic mass is 9.98. The predicted molar refractivity (Wildman–Crippen MR) is 72.9 cm³/mol. The minimum Gasteiger partial charge on any atom is -0.369 e. The predicted octanol–water partition coefficient (Wildman–Crippen LogP) is 2.64. The Morgan fingerprint density at radius 3 is 2.88 bits per heavy atom. The van der Waals surface area contributed by atoms with E-state index < -0.39 is 0 Å². The minimum atomic E-state index is 0.309. The average molecular weight is 294 g/mol. The number of hydrogen-bond donors (Lipinski definition) is 1. The van der Waals surface area contributed by atoms with Gasteiger partial charge in [0.05, 0.1) is 11.6 Å². The topological polar surface area (TPSA) is 53.0 Å². The number of piperidine rings is 1. The van der Waals surface area contributed by atoms with Crippen LogP contribution in [-0.2, 0) is 0 Å². The molecule has 0 aromatic heterocycles. The van der Waals surface area contributed by atoms with Crippen LogP contribution < -0.4 is 10.6 Å². The van der Waals surface area contributed by atoms with Crippen LogP contribution in [0.15, 0.2) is 22.7 Å². The normalized spacial score (nSPS) is 24.5. The zero-order valence-corrected chi connectivity index (χ0v) is 11.4. The second kappa shape index (κ2) is 5.07. The summed E-state index contributed by atoms with van der Waals surface area (Å²) in [6.45, 7) is 3.15. The van der Waals surface area contributed by atoms with Gasteiger partial charge >= 0.3 is 0 Å². The van der Waals surface area contributed by atoms with Crippen LogP contribution >= 0.6 is 15.9 Å². The van der Waals surface area contributed by atoms with Gasteiger partial charge in [0.1, 0.15) is 0 Å². The van der Waals surface area contributed by atoms with E-state index in [1.165, 1.54) is 0 Å². The summed E-state index contributed by atoms with van der Waals surface area (Å²) < 4.78 is 0.952. The van der Waals surface area contributed by atoms with E-state index in [4.69, 9.17) is 11.0 Å². The zero-order valence-electron chi connectivity index (χ0n) is 9.86. The van der Waals surface area contributed by atoms with E-state index in [2.05, 4.69) is 39.9 Å². The average Bonchev–Trinajstić information content (AvgIpc) is 2.28. The van der Waals surface area contributed by atoms with Crippen LogP contribution in [0.3, 0.4) is 0 Å². The summed E-state index contributed by atoms with van der Waals surface area (Å²) in [5.74, 6) is 0. The molecule has 1 aromatic carbocycles. The Hall–Kier alpha value is -1.05. The lowest BCUT2D eigenvalue weighted by Crippen LogP contribution is -2.45. The SMILES string of the molecule is CC1CC(N)CCN1c1cc(Br)cc(C#N)c1. The molecule has 0 aliphatic carbocycles. The van der Waals surface area contributed by atoms with Crippen LogP contribution in [0.25, 0.3) is 0 Å². The minimum absolute atomic E-state index is 0.309. The molecule has 90 valence electrons. The smallest absolute Gasteiger partial charge is 0.0992 e. The first-order valence-corrected chi connectivity index (χ1v) is 6.62. The second-order valence-corrected chi connectivity index (χ2v) is 5.55. The third kappa shape index (κ3) is 2.80. The first kappa shape index (κ1) is 12.4. The lowest BCUT2D eigenvalue weighted by molar-refractivity contribution is 0.430. The number of rotatable bonds is 1. The Kier molecular flexibility index (Phi) is 3.70. The molecule has 1 aliphatic rings. The van der Waals surface area contributed by atoms with E-state index >= 15 is 0 Å². The van der Waals surface area contributed by atoms with Crippen molar-refractivity contribution in [1.29, 1.82) is 5.26 Å². The van der Waals surface area contributed by atoms with Crippen molar-refractivity contribution in [2.45, 2.75) is 31.8 Å². The number of nitrogens with zero attached hydrogens (tertiary/aromatic N) is 2. The van der Waals surface area contributed by atoms with Crippen LogP contribution in [0.4, 0.5) is 5.69 Å². The van der Waals surface area contributed by atoms with Gasteiger partial charge in [-0.05, 0) is 38.0 Å². The quantitative estimate of drug-likeness (QED) is 0.866. The Morgan fingerprint density at radius 1 is 1.47 bits per heavy atom. The monoisotopic (exact) mass is 293 g/mol. The highest BCUT2D eigenvalue weighted by molar-refractivity contribution is 9.10. The van der Waals surface area contributed by atoms with Gasteiger partial charge in [0.25, 0.3) is 0 Å². The van der Waals surface area contributed by atoms with Crippen LogP contribution in [0.1, 0.15) is 25.3 Å². The molecule has 2 unspecified atom stereocenters. The fourth-order valence-corrected chi connectivity index (χ4v) is 2.88. The first-order chi connectivity index (χ1) is 8.10. The maximum Gasteiger partial charge on any atom is 0.0992 e. The van der Waals surface area contributed by atoms with E-state index in [1.54, 1.807) is 0 Å². The molecule has 1 fully saturated rings. The van der Waals surface area contributed by atoms with Crippen LogP contribution in [0, 0.1) is 11.3 Å². The van der Waals surface area contributed by atoms with E-state index in [-0.39, 0.29) is 0 Å². The molecule has 2 N–H and O–H groups in total. The van der Waals surface area contributed by atoms with E-state index in [0.29, 0.717) is 17.6 Å². The molecule has 17 heavy (non-hydrogen) atoms. The van der Waals surface area contributed by atoms with Gasteiger partial charge in [0.2, 0.25) is 0 Å². The van der Waals surface area contributed by atoms with Gasteiger partial charge < -0.3 is 10.6 Å². The highest BCUT2D eigenvalue weighted by atomic mass is 79.9. The maximum absolute atomic E-state index is 8.98. The van der Waals surface area contributed by atoms with Crippen molar-refractivity contribution in [1.82, 2.24) is 0 Å². The fourth-order valence-electron chi connectivity index (χ4n) is 2.40. The Bertz CT molecular complexity index is 452. The maximum atomic E-state index is 8.98. The number of nitriles is 1. The standard InChI is InChI=1S/C13H16BrN3/c1-9-4-12(16)2-3-17(9)13-6-10(8-15)5-11(14)7-13/h5-7,9,12H,2-4,16H2,1H3. The van der Waals surface area contributed by atoms with Crippen molar-refractivity contribution in [2.75, 3.05) is 11.4 Å². The van der Waals surface area contributed by atoms with Crippen molar-refractivity contribution in [2.24, 2.45) is 5.73 Å². The third-order valence-corrected chi connectivity index (χ3v) is 3.72. The van der Waals surface area contributed by atoms with E-state index in [1.807, 2.05) is 12.1 Å². The van der Waals surface area contributed by atoms with Crippen molar-refractivity contribution in [3.05, 3.63) is 28.2 Å². The van der Waals surface area contributed by atoms with Gasteiger partial charge in [-0.3, -0.25) is 0 Å². The molecule has 1 heterocycles. The van der Waals surface area contributed by atoms with Crippen molar-refractivity contribution < 1.29 is 0 Å². The molecule has 2 rings (SSSR count).